The van der Waals surface area contributed by atoms with Crippen molar-refractivity contribution < 1.29 is 4.39 Å². The lowest BCUT2D eigenvalue weighted by atomic mass is 9.74. The Morgan fingerprint density at radius 1 is 1.17 bits per heavy atom. The van der Waals surface area contributed by atoms with Gasteiger partial charge in [-0.3, -0.25) is 0 Å². The highest BCUT2D eigenvalue weighted by molar-refractivity contribution is 4.87. The van der Waals surface area contributed by atoms with Crippen LogP contribution < -0.4 is 0 Å². The van der Waals surface area contributed by atoms with Crippen molar-refractivity contribution in [3.05, 3.63) is 0 Å². The van der Waals surface area contributed by atoms with Crippen molar-refractivity contribution in [1.82, 2.24) is 0 Å². The molecule has 1 aliphatic carbocycles. The third-order valence-corrected chi connectivity index (χ3v) is 3.53. The summed E-state index contributed by atoms with van der Waals surface area (Å²) < 4.78 is 14.1. The lowest BCUT2D eigenvalue weighted by molar-refractivity contribution is 0.0292. The largest absolute Gasteiger partial charge is 0.244 e. The Labute approximate surface area is 75.5 Å². The van der Waals surface area contributed by atoms with Gasteiger partial charge in [-0.2, -0.15) is 0 Å². The third kappa shape index (κ3) is 1.99. The second-order valence-corrected chi connectivity index (χ2v) is 4.64. The van der Waals surface area contributed by atoms with E-state index >= 15 is 0 Å². The van der Waals surface area contributed by atoms with Gasteiger partial charge in [0.2, 0.25) is 0 Å². The molecule has 0 aliphatic heterocycles. The van der Waals surface area contributed by atoms with Crippen LogP contribution in [0.3, 0.4) is 0 Å². The molecule has 1 aliphatic rings. The van der Waals surface area contributed by atoms with Crippen molar-refractivity contribution in [2.24, 2.45) is 11.8 Å². The van der Waals surface area contributed by atoms with Crippen molar-refractivity contribution in [3.8, 4) is 0 Å². The molecule has 1 rings (SSSR count). The lowest BCUT2D eigenvalue weighted by Crippen LogP contribution is -2.36. The summed E-state index contributed by atoms with van der Waals surface area (Å²) in [7, 11) is 0. The summed E-state index contributed by atoms with van der Waals surface area (Å²) in [6.07, 6.45) is 5.98. The summed E-state index contributed by atoms with van der Waals surface area (Å²) in [5.74, 6) is 0.492. The molecule has 72 valence electrons. The molecule has 0 radical (unpaired) electrons. The van der Waals surface area contributed by atoms with E-state index in [1.807, 2.05) is 13.8 Å². The highest BCUT2D eigenvalue weighted by atomic mass is 19.1. The fourth-order valence-electron chi connectivity index (χ4n) is 2.14. The Morgan fingerprint density at radius 3 is 2.08 bits per heavy atom. The lowest BCUT2D eigenvalue weighted by Gasteiger charge is -2.36. The molecule has 1 fully saturated rings. The predicted octanol–water partition coefficient (Wildman–Crippen LogP) is 3.95. The van der Waals surface area contributed by atoms with Crippen LogP contribution in [-0.2, 0) is 0 Å². The zero-order valence-corrected chi connectivity index (χ0v) is 8.57. The van der Waals surface area contributed by atoms with Gasteiger partial charge in [0.05, 0.1) is 0 Å². The Hall–Kier alpha value is -0.0700. The molecule has 12 heavy (non-hydrogen) atoms. The van der Waals surface area contributed by atoms with Gasteiger partial charge in [0.25, 0.3) is 0 Å². The number of hydrogen-bond acceptors (Lipinski definition) is 0. The average molecular weight is 172 g/mol. The first kappa shape index (κ1) is 10.0. The maximum atomic E-state index is 14.1. The number of hydrogen-bond donors (Lipinski definition) is 0. The minimum absolute atomic E-state index is 0.167. The van der Waals surface area contributed by atoms with Crippen molar-refractivity contribution in [3.63, 3.8) is 0 Å². The molecule has 0 N–H and O–H groups in total. The van der Waals surface area contributed by atoms with Gasteiger partial charge in [-0.15, -0.1) is 0 Å². The molecule has 0 aromatic heterocycles. The Bertz CT molecular complexity index is 132. The van der Waals surface area contributed by atoms with Gasteiger partial charge >= 0.3 is 0 Å². The van der Waals surface area contributed by atoms with E-state index < -0.39 is 5.67 Å². The summed E-state index contributed by atoms with van der Waals surface area (Å²) in [6.45, 7) is 5.77. The molecule has 0 heterocycles. The van der Waals surface area contributed by atoms with Gasteiger partial charge in [0.15, 0.2) is 0 Å². The van der Waals surface area contributed by atoms with Crippen LogP contribution in [0, 0.1) is 11.8 Å². The SMILES string of the molecule is CC(C)C(C)(F)C1CCCCC1. The van der Waals surface area contributed by atoms with Crippen molar-refractivity contribution in [2.45, 2.75) is 58.5 Å². The molecule has 1 unspecified atom stereocenters. The normalized spacial score (nSPS) is 25.8. The second-order valence-electron chi connectivity index (χ2n) is 4.64. The molecular weight excluding hydrogens is 151 g/mol. The van der Waals surface area contributed by atoms with E-state index in [0.29, 0.717) is 5.92 Å². The highest BCUT2D eigenvalue weighted by Gasteiger charge is 2.37. The third-order valence-electron chi connectivity index (χ3n) is 3.53. The van der Waals surface area contributed by atoms with Crippen LogP contribution in [0.1, 0.15) is 52.9 Å². The van der Waals surface area contributed by atoms with Crippen molar-refractivity contribution in [1.29, 1.82) is 0 Å². The predicted molar refractivity (Wildman–Crippen MR) is 50.9 cm³/mol. The van der Waals surface area contributed by atoms with Crippen LogP contribution in [0.4, 0.5) is 4.39 Å². The molecule has 0 aromatic rings. The zero-order valence-electron chi connectivity index (χ0n) is 8.57. The Kier molecular flexibility index (Phi) is 3.14. The van der Waals surface area contributed by atoms with Gasteiger partial charge in [-0.25, -0.2) is 4.39 Å². The minimum atomic E-state index is -0.930. The van der Waals surface area contributed by atoms with Crippen LogP contribution in [-0.4, -0.2) is 5.67 Å². The van der Waals surface area contributed by atoms with Gasteiger partial charge in [-0.05, 0) is 31.6 Å². The fourth-order valence-corrected chi connectivity index (χ4v) is 2.14. The van der Waals surface area contributed by atoms with E-state index in [1.54, 1.807) is 6.92 Å². The summed E-state index contributed by atoms with van der Waals surface area (Å²) in [4.78, 5) is 0. The summed E-state index contributed by atoms with van der Waals surface area (Å²) >= 11 is 0. The van der Waals surface area contributed by atoms with Gasteiger partial charge < -0.3 is 0 Å². The van der Waals surface area contributed by atoms with E-state index in [-0.39, 0.29) is 5.92 Å². The fraction of sp³-hybridized carbons (Fsp3) is 1.00. The van der Waals surface area contributed by atoms with E-state index in [2.05, 4.69) is 0 Å². The summed E-state index contributed by atoms with van der Waals surface area (Å²) in [6, 6.07) is 0. The maximum Gasteiger partial charge on any atom is 0.113 e. The molecule has 1 atom stereocenters. The monoisotopic (exact) mass is 172 g/mol. The van der Waals surface area contributed by atoms with E-state index in [4.69, 9.17) is 0 Å². The summed E-state index contributed by atoms with van der Waals surface area (Å²) in [5.41, 5.74) is -0.930. The zero-order chi connectivity index (χ0) is 9.19. The van der Waals surface area contributed by atoms with Crippen LogP contribution >= 0.6 is 0 Å². The van der Waals surface area contributed by atoms with Gasteiger partial charge in [-0.1, -0.05) is 33.1 Å². The van der Waals surface area contributed by atoms with Crippen LogP contribution in [0.25, 0.3) is 0 Å². The minimum Gasteiger partial charge on any atom is -0.244 e. The van der Waals surface area contributed by atoms with E-state index in [9.17, 15) is 4.39 Å². The highest BCUT2D eigenvalue weighted by Crippen LogP contribution is 2.39. The molecule has 1 heteroatoms. The number of alkyl halides is 1. The molecular formula is C11H21F. The maximum absolute atomic E-state index is 14.1. The first-order chi connectivity index (χ1) is 5.55. The second kappa shape index (κ2) is 3.76. The molecule has 1 saturated carbocycles. The average Bonchev–Trinajstić information content (AvgIpc) is 2.06. The molecule has 0 nitrogen and oxygen atoms in total. The topological polar surface area (TPSA) is 0 Å². The smallest absolute Gasteiger partial charge is 0.113 e. The summed E-state index contributed by atoms with van der Waals surface area (Å²) in [5, 5.41) is 0. The van der Waals surface area contributed by atoms with Crippen LogP contribution in [0.5, 0.6) is 0 Å². The molecule has 0 saturated heterocycles. The van der Waals surface area contributed by atoms with Crippen LogP contribution in [0.2, 0.25) is 0 Å². The number of rotatable bonds is 2. The molecule has 0 bridgehead atoms. The van der Waals surface area contributed by atoms with E-state index in [0.717, 1.165) is 12.8 Å². The number of halogens is 1. The Balaban J connectivity index is 2.53. The Morgan fingerprint density at radius 2 is 1.67 bits per heavy atom. The van der Waals surface area contributed by atoms with Crippen molar-refractivity contribution >= 4 is 0 Å². The van der Waals surface area contributed by atoms with Gasteiger partial charge in [0, 0.05) is 0 Å². The molecule has 0 amide bonds. The molecule has 0 aromatic carbocycles. The first-order valence-electron chi connectivity index (χ1n) is 5.24. The molecule has 0 spiro atoms. The first-order valence-corrected chi connectivity index (χ1v) is 5.24. The van der Waals surface area contributed by atoms with Crippen molar-refractivity contribution in [2.75, 3.05) is 0 Å². The van der Waals surface area contributed by atoms with Gasteiger partial charge in [0.1, 0.15) is 5.67 Å². The quantitative estimate of drug-likeness (QED) is 0.591. The standard InChI is InChI=1S/C11H21F/c1-9(2)11(3,12)10-7-5-4-6-8-10/h9-10H,4-8H2,1-3H3. The van der Waals surface area contributed by atoms with E-state index in [1.165, 1.54) is 19.3 Å². The van der Waals surface area contributed by atoms with Crippen LogP contribution in [0.15, 0.2) is 0 Å².